The highest BCUT2D eigenvalue weighted by Gasteiger charge is 2.30. The molecule has 126 valence electrons. The van der Waals surface area contributed by atoms with Crippen molar-refractivity contribution in [2.75, 3.05) is 0 Å². The highest BCUT2D eigenvalue weighted by Crippen LogP contribution is 2.26. The first-order valence-electron chi connectivity index (χ1n) is 6.95. The van der Waals surface area contributed by atoms with Gasteiger partial charge in [-0.1, -0.05) is 39.8 Å². The zero-order valence-corrected chi connectivity index (χ0v) is 14.7. The fourth-order valence-electron chi connectivity index (χ4n) is 1.97. The molecule has 0 saturated heterocycles. The molecular formula is C14H22O6S2. The molecule has 1 rings (SSSR count). The highest BCUT2D eigenvalue weighted by atomic mass is 32.2. The minimum Gasteiger partial charge on any atom is -0.282 e. The van der Waals surface area contributed by atoms with Crippen molar-refractivity contribution >= 4 is 20.2 Å². The molecule has 22 heavy (non-hydrogen) atoms. The SMILES string of the molecule is CC(C)CC(OS(=O)(=O)c1ccccc1S(=O)(=O)O)C(C)C. The molecule has 0 amide bonds. The Kier molecular flexibility index (Phi) is 6.14. The summed E-state index contributed by atoms with van der Waals surface area (Å²) in [7, 11) is -8.96. The van der Waals surface area contributed by atoms with Gasteiger partial charge in [0.25, 0.3) is 20.2 Å². The summed E-state index contributed by atoms with van der Waals surface area (Å²) >= 11 is 0. The molecule has 0 fully saturated rings. The molecule has 1 aromatic carbocycles. The summed E-state index contributed by atoms with van der Waals surface area (Å²) in [4.78, 5) is -1.23. The smallest absolute Gasteiger partial charge is 0.282 e. The molecular weight excluding hydrogens is 328 g/mol. The Hall–Kier alpha value is -0.960. The first kappa shape index (κ1) is 19.1. The molecule has 1 N–H and O–H groups in total. The van der Waals surface area contributed by atoms with Crippen molar-refractivity contribution in [3.63, 3.8) is 0 Å². The van der Waals surface area contributed by atoms with Gasteiger partial charge in [-0.15, -0.1) is 0 Å². The van der Waals surface area contributed by atoms with Crippen molar-refractivity contribution in [2.45, 2.75) is 50.0 Å². The third-order valence-electron chi connectivity index (χ3n) is 3.09. The van der Waals surface area contributed by atoms with Crippen molar-refractivity contribution in [3.8, 4) is 0 Å². The van der Waals surface area contributed by atoms with Crippen LogP contribution in [0, 0.1) is 11.8 Å². The predicted octanol–water partition coefficient (Wildman–Crippen LogP) is 2.71. The lowest BCUT2D eigenvalue weighted by molar-refractivity contribution is 0.134. The first-order valence-corrected chi connectivity index (χ1v) is 9.79. The Labute approximate surface area is 132 Å². The standard InChI is InChI=1S/C14H22O6S2/c1-10(2)9-12(11(3)4)20-22(18,19)14-8-6-5-7-13(14)21(15,16)17/h5-8,10-12H,9H2,1-4H3,(H,15,16,17). The number of hydrogen-bond acceptors (Lipinski definition) is 5. The molecule has 1 aromatic rings. The predicted molar refractivity (Wildman–Crippen MR) is 82.6 cm³/mol. The molecule has 0 aromatic heterocycles. The van der Waals surface area contributed by atoms with Crippen LogP contribution in [0.4, 0.5) is 0 Å². The van der Waals surface area contributed by atoms with E-state index in [9.17, 15) is 21.4 Å². The topological polar surface area (TPSA) is 97.7 Å². The summed E-state index contributed by atoms with van der Waals surface area (Å²) in [5.41, 5.74) is 0. The van der Waals surface area contributed by atoms with Crippen molar-refractivity contribution in [1.82, 2.24) is 0 Å². The third kappa shape index (κ3) is 5.05. The zero-order valence-electron chi connectivity index (χ0n) is 13.1. The molecule has 0 radical (unpaired) electrons. The van der Waals surface area contributed by atoms with Crippen molar-refractivity contribution < 1.29 is 25.6 Å². The van der Waals surface area contributed by atoms with E-state index < -0.39 is 36.1 Å². The number of rotatable bonds is 7. The van der Waals surface area contributed by atoms with Crippen LogP contribution in [-0.4, -0.2) is 27.5 Å². The van der Waals surface area contributed by atoms with E-state index in [1.165, 1.54) is 12.1 Å². The van der Waals surface area contributed by atoms with Crippen LogP contribution >= 0.6 is 0 Å². The number of hydrogen-bond donors (Lipinski definition) is 1. The van der Waals surface area contributed by atoms with Crippen LogP contribution in [-0.2, 0) is 24.4 Å². The Morgan fingerprint density at radius 3 is 1.91 bits per heavy atom. The Morgan fingerprint density at radius 2 is 1.50 bits per heavy atom. The van der Waals surface area contributed by atoms with Gasteiger partial charge in [0, 0.05) is 0 Å². The summed E-state index contributed by atoms with van der Waals surface area (Å²) in [6.07, 6.45) is -0.0512. The van der Waals surface area contributed by atoms with Gasteiger partial charge in [0.1, 0.15) is 9.79 Å². The van der Waals surface area contributed by atoms with E-state index in [1.807, 2.05) is 27.7 Å². The second kappa shape index (κ2) is 7.08. The van der Waals surface area contributed by atoms with Gasteiger partial charge < -0.3 is 0 Å². The molecule has 0 heterocycles. The monoisotopic (exact) mass is 350 g/mol. The molecule has 0 aliphatic carbocycles. The van der Waals surface area contributed by atoms with Crippen molar-refractivity contribution in [2.24, 2.45) is 11.8 Å². The van der Waals surface area contributed by atoms with Gasteiger partial charge in [0.2, 0.25) is 0 Å². The van der Waals surface area contributed by atoms with Gasteiger partial charge in [0.05, 0.1) is 6.10 Å². The highest BCUT2D eigenvalue weighted by molar-refractivity contribution is 7.89. The van der Waals surface area contributed by atoms with E-state index in [-0.39, 0.29) is 11.8 Å². The lowest BCUT2D eigenvalue weighted by Crippen LogP contribution is -2.26. The molecule has 8 heteroatoms. The van der Waals surface area contributed by atoms with Gasteiger partial charge in [0.15, 0.2) is 0 Å². The Balaban J connectivity index is 3.25. The summed E-state index contributed by atoms with van der Waals surface area (Å²) in [6.45, 7) is 7.55. The molecule has 6 nitrogen and oxygen atoms in total. The van der Waals surface area contributed by atoms with Crippen LogP contribution in [0.15, 0.2) is 34.1 Å². The number of benzene rings is 1. The van der Waals surface area contributed by atoms with Crippen LogP contribution in [0.2, 0.25) is 0 Å². The van der Waals surface area contributed by atoms with Gasteiger partial charge in [-0.2, -0.15) is 16.8 Å². The van der Waals surface area contributed by atoms with E-state index >= 15 is 0 Å². The van der Waals surface area contributed by atoms with Crippen molar-refractivity contribution in [3.05, 3.63) is 24.3 Å². The van der Waals surface area contributed by atoms with Gasteiger partial charge in [-0.05, 0) is 30.4 Å². The van der Waals surface area contributed by atoms with Crippen LogP contribution in [0.1, 0.15) is 34.1 Å². The Morgan fingerprint density at radius 1 is 1.00 bits per heavy atom. The average molecular weight is 350 g/mol. The van der Waals surface area contributed by atoms with E-state index in [2.05, 4.69) is 0 Å². The largest absolute Gasteiger partial charge is 0.298 e. The summed E-state index contributed by atoms with van der Waals surface area (Å²) in [6, 6.07) is 4.83. The summed E-state index contributed by atoms with van der Waals surface area (Å²) < 4.78 is 61.9. The fraction of sp³-hybridized carbons (Fsp3) is 0.571. The maximum atomic E-state index is 12.4. The summed E-state index contributed by atoms with van der Waals surface area (Å²) in [5.74, 6) is 0.162. The second-order valence-corrected chi connectivity index (χ2v) is 8.81. The molecule has 0 bridgehead atoms. The van der Waals surface area contributed by atoms with Crippen molar-refractivity contribution in [1.29, 1.82) is 0 Å². The normalized spacial score (nSPS) is 14.5. The molecule has 0 aliphatic rings. The minimum atomic E-state index is -4.65. The average Bonchev–Trinajstić information content (AvgIpc) is 2.36. The lowest BCUT2D eigenvalue weighted by Gasteiger charge is -2.23. The van der Waals surface area contributed by atoms with Crippen LogP contribution < -0.4 is 0 Å². The van der Waals surface area contributed by atoms with Crippen LogP contribution in [0.25, 0.3) is 0 Å². The molecule has 1 unspecified atom stereocenters. The molecule has 1 atom stereocenters. The third-order valence-corrected chi connectivity index (χ3v) is 5.53. The van der Waals surface area contributed by atoms with E-state index in [0.29, 0.717) is 6.42 Å². The van der Waals surface area contributed by atoms with E-state index in [1.54, 1.807) is 0 Å². The lowest BCUT2D eigenvalue weighted by atomic mass is 9.98. The molecule has 0 saturated carbocycles. The van der Waals surface area contributed by atoms with E-state index in [0.717, 1.165) is 12.1 Å². The quantitative estimate of drug-likeness (QED) is 0.600. The van der Waals surface area contributed by atoms with Crippen LogP contribution in [0.3, 0.4) is 0 Å². The molecule has 0 aliphatic heterocycles. The maximum Gasteiger partial charge on any atom is 0.298 e. The zero-order chi connectivity index (χ0) is 17.1. The summed E-state index contributed by atoms with van der Waals surface area (Å²) in [5, 5.41) is 0. The van der Waals surface area contributed by atoms with Gasteiger partial charge >= 0.3 is 0 Å². The fourth-order valence-corrected chi connectivity index (χ4v) is 4.46. The second-order valence-electron chi connectivity index (χ2n) is 5.88. The van der Waals surface area contributed by atoms with Crippen LogP contribution in [0.5, 0.6) is 0 Å². The Bertz CT molecular complexity index is 705. The minimum absolute atomic E-state index is 0.0601. The van der Waals surface area contributed by atoms with E-state index in [4.69, 9.17) is 4.18 Å². The van der Waals surface area contributed by atoms with Gasteiger partial charge in [-0.3, -0.25) is 8.74 Å². The molecule has 0 spiro atoms. The first-order chi connectivity index (χ1) is 9.95. The van der Waals surface area contributed by atoms with Gasteiger partial charge in [-0.25, -0.2) is 0 Å². The maximum absolute atomic E-state index is 12.4.